The molecule has 4 N–H and O–H groups in total. The summed E-state index contributed by atoms with van der Waals surface area (Å²) in [5.41, 5.74) is 6.99. The summed E-state index contributed by atoms with van der Waals surface area (Å²) in [6, 6.07) is 3.14. The number of nitrogens with one attached hydrogen (secondary N) is 1. The first-order valence-electron chi connectivity index (χ1n) is 7.04. The monoisotopic (exact) mass is 314 g/mol. The van der Waals surface area contributed by atoms with Crippen LogP contribution in [0.15, 0.2) is 17.0 Å². The highest BCUT2D eigenvalue weighted by molar-refractivity contribution is 7.89. The van der Waals surface area contributed by atoms with Gasteiger partial charge in [0.05, 0.1) is 12.7 Å². The number of aliphatic hydroxyl groups excluding tert-OH is 1. The first-order valence-corrected chi connectivity index (χ1v) is 8.52. The number of nitrogen functional groups attached to an aromatic ring is 1. The van der Waals surface area contributed by atoms with Crippen LogP contribution in [-0.2, 0) is 16.4 Å². The molecular formula is C14H22N2O4S. The number of benzene rings is 1. The topological polar surface area (TPSA) is 102 Å². The van der Waals surface area contributed by atoms with Crippen molar-refractivity contribution in [2.75, 3.05) is 18.9 Å². The Balaban J connectivity index is 2.29. The van der Waals surface area contributed by atoms with Crippen LogP contribution in [0.2, 0.25) is 0 Å². The van der Waals surface area contributed by atoms with Crippen molar-refractivity contribution in [3.63, 3.8) is 0 Å². The minimum atomic E-state index is -3.77. The van der Waals surface area contributed by atoms with E-state index >= 15 is 0 Å². The van der Waals surface area contributed by atoms with Gasteiger partial charge in [-0.05, 0) is 36.5 Å². The van der Waals surface area contributed by atoms with E-state index < -0.39 is 16.1 Å². The molecule has 0 saturated carbocycles. The summed E-state index contributed by atoms with van der Waals surface area (Å²) >= 11 is 0. The quantitative estimate of drug-likeness (QED) is 0.701. The number of nitrogens with two attached hydrogens (primary N) is 1. The number of aliphatic hydroxyl groups is 1. The minimum absolute atomic E-state index is 0.0290. The fraction of sp³-hybridized carbons (Fsp3) is 0.571. The van der Waals surface area contributed by atoms with E-state index in [1.165, 1.54) is 6.07 Å². The zero-order chi connectivity index (χ0) is 15.6. The molecule has 6 nitrogen and oxygen atoms in total. The van der Waals surface area contributed by atoms with Gasteiger partial charge in [0.25, 0.3) is 0 Å². The average Bonchev–Trinajstić information content (AvgIpc) is 2.43. The van der Waals surface area contributed by atoms with Crippen LogP contribution in [0.5, 0.6) is 5.75 Å². The third kappa shape index (κ3) is 3.66. The predicted octanol–water partition coefficient (Wildman–Crippen LogP) is 0.889. The molecule has 1 aromatic rings. The van der Waals surface area contributed by atoms with E-state index in [1.807, 2.05) is 13.8 Å². The maximum atomic E-state index is 12.4. The summed E-state index contributed by atoms with van der Waals surface area (Å²) < 4.78 is 32.8. The van der Waals surface area contributed by atoms with Gasteiger partial charge < -0.3 is 15.6 Å². The minimum Gasteiger partial charge on any atom is -0.492 e. The fourth-order valence-electron chi connectivity index (χ4n) is 2.18. The molecule has 118 valence electrons. The van der Waals surface area contributed by atoms with E-state index in [2.05, 4.69) is 4.72 Å². The molecule has 1 aliphatic heterocycles. The second-order valence-corrected chi connectivity index (χ2v) is 7.36. The van der Waals surface area contributed by atoms with Gasteiger partial charge in [-0.3, -0.25) is 0 Å². The van der Waals surface area contributed by atoms with Crippen molar-refractivity contribution in [2.24, 2.45) is 5.92 Å². The molecular weight excluding hydrogens is 292 g/mol. The lowest BCUT2D eigenvalue weighted by atomic mass is 10.1. The van der Waals surface area contributed by atoms with Crippen LogP contribution in [0.25, 0.3) is 0 Å². The van der Waals surface area contributed by atoms with Crippen molar-refractivity contribution >= 4 is 15.7 Å². The van der Waals surface area contributed by atoms with Crippen LogP contribution in [0, 0.1) is 5.92 Å². The van der Waals surface area contributed by atoms with Gasteiger partial charge >= 0.3 is 0 Å². The summed E-state index contributed by atoms with van der Waals surface area (Å²) in [5, 5.41) is 9.75. The van der Waals surface area contributed by atoms with Crippen LogP contribution in [-0.4, -0.2) is 32.8 Å². The normalized spacial score (nSPS) is 16.4. The summed E-state index contributed by atoms with van der Waals surface area (Å²) in [4.78, 5) is 0.0492. The lowest BCUT2D eigenvalue weighted by Gasteiger charge is -2.22. The SMILES string of the molecule is CC(C)C(O)CNS(=O)(=O)c1cc(N)cc2c1OCCC2. The van der Waals surface area contributed by atoms with Crippen molar-refractivity contribution < 1.29 is 18.3 Å². The van der Waals surface area contributed by atoms with E-state index in [0.717, 1.165) is 18.4 Å². The lowest BCUT2D eigenvalue weighted by Crippen LogP contribution is -2.35. The number of anilines is 1. The molecule has 0 amide bonds. The highest BCUT2D eigenvalue weighted by Gasteiger charge is 2.26. The Labute approximate surface area is 125 Å². The maximum absolute atomic E-state index is 12.4. The number of sulfonamides is 1. The first-order chi connectivity index (χ1) is 9.81. The molecule has 0 saturated heterocycles. The molecule has 1 heterocycles. The Bertz CT molecular complexity index is 614. The number of hydrogen-bond donors (Lipinski definition) is 3. The molecule has 0 spiro atoms. The van der Waals surface area contributed by atoms with E-state index in [1.54, 1.807) is 6.07 Å². The number of aryl methyl sites for hydroxylation is 1. The molecule has 1 aliphatic rings. The van der Waals surface area contributed by atoms with Gasteiger partial charge in [0.2, 0.25) is 10.0 Å². The molecule has 0 radical (unpaired) electrons. The van der Waals surface area contributed by atoms with Crippen LogP contribution in [0.3, 0.4) is 0 Å². The van der Waals surface area contributed by atoms with Crippen molar-refractivity contribution in [3.05, 3.63) is 17.7 Å². The molecule has 7 heteroatoms. The summed E-state index contributed by atoms with van der Waals surface area (Å²) in [5.74, 6) is 0.348. The second-order valence-electron chi connectivity index (χ2n) is 5.62. The highest BCUT2D eigenvalue weighted by atomic mass is 32.2. The molecule has 0 aromatic heterocycles. The van der Waals surface area contributed by atoms with Crippen molar-refractivity contribution in [2.45, 2.75) is 37.7 Å². The summed E-state index contributed by atoms with van der Waals surface area (Å²) in [6.45, 7) is 4.10. The van der Waals surface area contributed by atoms with Gasteiger partial charge in [-0.2, -0.15) is 0 Å². The van der Waals surface area contributed by atoms with Gasteiger partial charge in [-0.1, -0.05) is 13.8 Å². The van der Waals surface area contributed by atoms with Gasteiger partial charge in [-0.25, -0.2) is 13.1 Å². The zero-order valence-corrected chi connectivity index (χ0v) is 13.1. The number of hydrogen-bond acceptors (Lipinski definition) is 5. The molecule has 21 heavy (non-hydrogen) atoms. The molecule has 0 fully saturated rings. The molecule has 1 unspecified atom stereocenters. The second kappa shape index (κ2) is 6.21. The van der Waals surface area contributed by atoms with Crippen LogP contribution < -0.4 is 15.2 Å². The van der Waals surface area contributed by atoms with Gasteiger partial charge in [0.1, 0.15) is 10.6 Å². The van der Waals surface area contributed by atoms with E-state index in [0.29, 0.717) is 18.0 Å². The number of ether oxygens (including phenoxy) is 1. The zero-order valence-electron chi connectivity index (χ0n) is 12.3. The molecule has 0 bridgehead atoms. The van der Waals surface area contributed by atoms with Gasteiger partial charge in [0.15, 0.2) is 0 Å². The van der Waals surface area contributed by atoms with E-state index in [4.69, 9.17) is 10.5 Å². The summed E-state index contributed by atoms with van der Waals surface area (Å²) in [7, 11) is -3.77. The third-order valence-electron chi connectivity index (χ3n) is 3.53. The van der Waals surface area contributed by atoms with Gasteiger partial charge in [0, 0.05) is 12.2 Å². The Morgan fingerprint density at radius 2 is 2.14 bits per heavy atom. The van der Waals surface area contributed by atoms with Crippen LogP contribution >= 0.6 is 0 Å². The Morgan fingerprint density at radius 1 is 1.43 bits per heavy atom. The van der Waals surface area contributed by atoms with Crippen molar-refractivity contribution in [1.82, 2.24) is 4.72 Å². The molecule has 1 atom stereocenters. The van der Waals surface area contributed by atoms with Gasteiger partial charge in [-0.15, -0.1) is 0 Å². The molecule has 0 aliphatic carbocycles. The predicted molar refractivity (Wildman–Crippen MR) is 80.7 cm³/mol. The smallest absolute Gasteiger partial charge is 0.244 e. The highest BCUT2D eigenvalue weighted by Crippen LogP contribution is 2.34. The molecule has 1 aromatic carbocycles. The lowest BCUT2D eigenvalue weighted by molar-refractivity contribution is 0.129. The maximum Gasteiger partial charge on any atom is 0.244 e. The Kier molecular flexibility index (Phi) is 4.75. The Morgan fingerprint density at radius 3 is 2.81 bits per heavy atom. The van der Waals surface area contributed by atoms with E-state index in [-0.39, 0.29) is 17.4 Å². The summed E-state index contributed by atoms with van der Waals surface area (Å²) in [6.07, 6.45) is 0.852. The standard InChI is InChI=1S/C14H22N2O4S/c1-9(2)12(17)8-16-21(18,19)13-7-11(15)6-10-4-3-5-20-14(10)13/h6-7,9,12,16-17H,3-5,8,15H2,1-2H3. The fourth-order valence-corrected chi connectivity index (χ4v) is 3.45. The average molecular weight is 314 g/mol. The number of fused-ring (bicyclic) bond motifs is 1. The molecule has 2 rings (SSSR count). The number of rotatable bonds is 5. The first kappa shape index (κ1) is 16.1. The third-order valence-corrected chi connectivity index (χ3v) is 4.96. The van der Waals surface area contributed by atoms with Crippen molar-refractivity contribution in [3.8, 4) is 5.75 Å². The van der Waals surface area contributed by atoms with Crippen molar-refractivity contribution in [1.29, 1.82) is 0 Å². The Hall–Kier alpha value is -1.31. The van der Waals surface area contributed by atoms with Crippen LogP contribution in [0.1, 0.15) is 25.8 Å². The van der Waals surface area contributed by atoms with Crippen LogP contribution in [0.4, 0.5) is 5.69 Å². The van der Waals surface area contributed by atoms with E-state index in [9.17, 15) is 13.5 Å². The largest absolute Gasteiger partial charge is 0.492 e.